The fourth-order valence-electron chi connectivity index (χ4n) is 3.98. The van der Waals surface area contributed by atoms with Gasteiger partial charge in [0.25, 0.3) is 0 Å². The van der Waals surface area contributed by atoms with Gasteiger partial charge in [-0.1, -0.05) is 0 Å². The molecule has 1 atom stereocenters. The highest BCUT2D eigenvalue weighted by molar-refractivity contribution is 7.08. The molecule has 4 heterocycles. The summed E-state index contributed by atoms with van der Waals surface area (Å²) in [7, 11) is 0. The van der Waals surface area contributed by atoms with Crippen molar-refractivity contribution in [3.8, 4) is 0 Å². The van der Waals surface area contributed by atoms with E-state index in [0.717, 1.165) is 31.1 Å². The molecule has 0 radical (unpaired) electrons. The van der Waals surface area contributed by atoms with Gasteiger partial charge < -0.3 is 9.80 Å². The van der Waals surface area contributed by atoms with Crippen molar-refractivity contribution >= 4 is 28.8 Å². The third-order valence-corrected chi connectivity index (χ3v) is 6.05. The van der Waals surface area contributed by atoms with Gasteiger partial charge in [-0.25, -0.2) is 4.39 Å². The molecule has 2 aliphatic heterocycles. The normalized spacial score (nSPS) is 23.0. The molecule has 26 heavy (non-hydrogen) atoms. The number of rotatable bonds is 3. The van der Waals surface area contributed by atoms with Gasteiger partial charge in [0.15, 0.2) is 0 Å². The first-order chi connectivity index (χ1) is 12.6. The van der Waals surface area contributed by atoms with Gasteiger partial charge in [0.1, 0.15) is 5.82 Å². The van der Waals surface area contributed by atoms with Crippen molar-refractivity contribution in [3.63, 3.8) is 0 Å². The zero-order chi connectivity index (χ0) is 18.1. The number of carbonyl (C=O) groups is 2. The van der Waals surface area contributed by atoms with E-state index in [1.54, 1.807) is 16.2 Å². The first-order valence-corrected chi connectivity index (χ1v) is 9.74. The number of carbonyl (C=O) groups excluding carboxylic acids is 2. The Morgan fingerprint density at radius 3 is 2.88 bits per heavy atom. The van der Waals surface area contributed by atoms with Crippen molar-refractivity contribution in [1.82, 2.24) is 9.88 Å². The quantitative estimate of drug-likeness (QED) is 0.831. The number of nitrogens with zero attached hydrogens (tertiary/aromatic N) is 3. The summed E-state index contributed by atoms with van der Waals surface area (Å²) in [6, 6.07) is 4.81. The molecule has 0 aromatic carbocycles. The molecule has 0 saturated carbocycles. The maximum Gasteiger partial charge on any atom is 0.235 e. The lowest BCUT2D eigenvalue weighted by Crippen LogP contribution is -2.50. The van der Waals surface area contributed by atoms with Crippen LogP contribution in [0.4, 0.5) is 10.1 Å². The molecule has 2 aromatic heterocycles. The number of piperidine rings is 1. The summed E-state index contributed by atoms with van der Waals surface area (Å²) in [5.74, 6) is -0.332. The molecule has 0 aliphatic carbocycles. The van der Waals surface area contributed by atoms with Crippen molar-refractivity contribution in [2.45, 2.75) is 25.7 Å². The van der Waals surface area contributed by atoms with Gasteiger partial charge in [-0.05, 0) is 42.8 Å². The zero-order valence-corrected chi connectivity index (χ0v) is 15.2. The van der Waals surface area contributed by atoms with Crippen LogP contribution in [0.3, 0.4) is 0 Å². The highest BCUT2D eigenvalue weighted by atomic mass is 32.1. The number of amides is 2. The molecule has 5 nitrogen and oxygen atoms in total. The fourth-order valence-corrected chi connectivity index (χ4v) is 4.62. The summed E-state index contributed by atoms with van der Waals surface area (Å²) in [5, 5.41) is 3.96. The second kappa shape index (κ2) is 6.79. The topological polar surface area (TPSA) is 53.5 Å². The summed E-state index contributed by atoms with van der Waals surface area (Å²) in [6.07, 6.45) is 3.69. The Bertz CT molecular complexity index is 809. The first kappa shape index (κ1) is 17.1. The number of thiophene rings is 1. The van der Waals surface area contributed by atoms with E-state index in [0.29, 0.717) is 25.3 Å². The first-order valence-electron chi connectivity index (χ1n) is 8.80. The van der Waals surface area contributed by atoms with E-state index in [1.807, 2.05) is 21.7 Å². The van der Waals surface area contributed by atoms with E-state index < -0.39 is 11.2 Å². The minimum atomic E-state index is -0.466. The van der Waals surface area contributed by atoms with Crippen LogP contribution in [0.1, 0.15) is 25.0 Å². The van der Waals surface area contributed by atoms with Crippen LogP contribution in [0.5, 0.6) is 0 Å². The maximum atomic E-state index is 13.1. The van der Waals surface area contributed by atoms with Crippen LogP contribution in [0.2, 0.25) is 0 Å². The number of anilines is 1. The van der Waals surface area contributed by atoms with Gasteiger partial charge in [-0.15, -0.1) is 0 Å². The van der Waals surface area contributed by atoms with Crippen LogP contribution in [0, 0.1) is 11.2 Å². The lowest BCUT2D eigenvalue weighted by Gasteiger charge is -2.39. The van der Waals surface area contributed by atoms with Gasteiger partial charge in [-0.3, -0.25) is 14.6 Å². The molecule has 2 amide bonds. The highest BCUT2D eigenvalue weighted by Crippen LogP contribution is 2.42. The van der Waals surface area contributed by atoms with Crippen LogP contribution in [-0.2, 0) is 16.0 Å². The summed E-state index contributed by atoms with van der Waals surface area (Å²) >= 11 is 1.58. The van der Waals surface area contributed by atoms with Crippen LogP contribution in [-0.4, -0.2) is 41.3 Å². The van der Waals surface area contributed by atoms with Gasteiger partial charge >= 0.3 is 0 Å². The Morgan fingerprint density at radius 1 is 1.27 bits per heavy atom. The van der Waals surface area contributed by atoms with Crippen LogP contribution < -0.4 is 4.90 Å². The second-order valence-electron chi connectivity index (χ2n) is 7.03. The Hall–Kier alpha value is -2.28. The van der Waals surface area contributed by atoms with Crippen molar-refractivity contribution in [2.75, 3.05) is 24.5 Å². The minimum absolute atomic E-state index is 0.0510. The average molecular weight is 373 g/mol. The summed E-state index contributed by atoms with van der Waals surface area (Å²) in [6.45, 7) is 1.83. The Kier molecular flexibility index (Phi) is 4.48. The van der Waals surface area contributed by atoms with E-state index in [-0.39, 0.29) is 18.2 Å². The van der Waals surface area contributed by atoms with Gasteiger partial charge in [0.05, 0.1) is 23.7 Å². The van der Waals surface area contributed by atoms with E-state index in [1.165, 1.54) is 12.1 Å². The standard InChI is InChI=1S/C19H20FN3O2S/c20-14-2-3-15(21-11-14)10-17(24)22-7-1-5-19(13-22)6-8-23(18(19)25)16-4-9-26-12-16/h2-4,9,11-12H,1,5-8,10,13H2. The van der Waals surface area contributed by atoms with E-state index >= 15 is 0 Å². The van der Waals surface area contributed by atoms with Gasteiger partial charge in [-0.2, -0.15) is 11.3 Å². The SMILES string of the molecule is O=C(Cc1ccc(F)cn1)N1CCCC2(CCN(c3ccsc3)C2=O)C1. The van der Waals surface area contributed by atoms with Gasteiger partial charge in [0, 0.05) is 30.7 Å². The number of hydrogen-bond acceptors (Lipinski definition) is 4. The Balaban J connectivity index is 1.46. The fraction of sp³-hybridized carbons (Fsp3) is 0.421. The molecule has 7 heteroatoms. The summed E-state index contributed by atoms with van der Waals surface area (Å²) < 4.78 is 13.0. The zero-order valence-electron chi connectivity index (χ0n) is 14.4. The second-order valence-corrected chi connectivity index (χ2v) is 7.81. The number of halogens is 1. The van der Waals surface area contributed by atoms with Crippen LogP contribution >= 0.6 is 11.3 Å². The van der Waals surface area contributed by atoms with Crippen LogP contribution in [0.25, 0.3) is 0 Å². The third kappa shape index (κ3) is 3.11. The monoisotopic (exact) mass is 373 g/mol. The maximum absolute atomic E-state index is 13.1. The van der Waals surface area contributed by atoms with Crippen molar-refractivity contribution in [2.24, 2.45) is 5.41 Å². The lowest BCUT2D eigenvalue weighted by atomic mass is 9.78. The number of aromatic nitrogens is 1. The molecular weight excluding hydrogens is 353 g/mol. The van der Waals surface area contributed by atoms with Gasteiger partial charge in [0.2, 0.25) is 11.8 Å². The molecule has 2 aromatic rings. The molecular formula is C19H20FN3O2S. The van der Waals surface area contributed by atoms with E-state index in [4.69, 9.17) is 0 Å². The summed E-state index contributed by atoms with van der Waals surface area (Å²) in [4.78, 5) is 33.4. The molecule has 136 valence electrons. The molecule has 1 spiro atoms. The predicted molar refractivity (Wildman–Crippen MR) is 97.4 cm³/mol. The summed E-state index contributed by atoms with van der Waals surface area (Å²) in [5.41, 5.74) is 1.04. The number of likely N-dealkylation sites (tertiary alicyclic amines) is 1. The molecule has 2 aliphatic rings. The van der Waals surface area contributed by atoms with Crippen molar-refractivity contribution < 1.29 is 14.0 Å². The molecule has 1 unspecified atom stereocenters. The average Bonchev–Trinajstić information content (AvgIpc) is 3.27. The lowest BCUT2D eigenvalue weighted by molar-refractivity contribution is -0.138. The van der Waals surface area contributed by atoms with E-state index in [2.05, 4.69) is 4.98 Å². The highest BCUT2D eigenvalue weighted by Gasteiger charge is 2.50. The minimum Gasteiger partial charge on any atom is -0.341 e. The number of hydrogen-bond donors (Lipinski definition) is 0. The van der Waals surface area contributed by atoms with Crippen molar-refractivity contribution in [1.29, 1.82) is 0 Å². The van der Waals surface area contributed by atoms with Crippen molar-refractivity contribution in [3.05, 3.63) is 46.7 Å². The van der Waals surface area contributed by atoms with Crippen LogP contribution in [0.15, 0.2) is 35.2 Å². The Labute approximate surface area is 155 Å². The molecule has 2 fully saturated rings. The largest absolute Gasteiger partial charge is 0.341 e. The Morgan fingerprint density at radius 2 is 2.15 bits per heavy atom. The number of pyridine rings is 1. The van der Waals surface area contributed by atoms with E-state index in [9.17, 15) is 14.0 Å². The molecule has 4 rings (SSSR count). The predicted octanol–water partition coefficient (Wildman–Crippen LogP) is 2.87. The molecule has 2 saturated heterocycles. The molecule has 0 N–H and O–H groups in total. The molecule has 0 bridgehead atoms. The third-order valence-electron chi connectivity index (χ3n) is 5.38. The smallest absolute Gasteiger partial charge is 0.235 e.